The topological polar surface area (TPSA) is 21.3 Å². The molecule has 0 rings (SSSR count). The Morgan fingerprint density at radius 3 is 2.44 bits per heavy atom. The SMILES string of the molecule is C/C=C(\C)NO[SiH](C)C. The first-order valence-electron chi connectivity index (χ1n) is 3.21. The lowest BCUT2D eigenvalue weighted by Crippen LogP contribution is -2.20. The van der Waals surface area contributed by atoms with Crippen LogP contribution in [0.15, 0.2) is 11.8 Å². The number of rotatable bonds is 3. The molecule has 9 heavy (non-hydrogen) atoms. The Hall–Kier alpha value is -0.283. The second-order valence-corrected chi connectivity index (χ2v) is 4.57. The van der Waals surface area contributed by atoms with Crippen molar-refractivity contribution in [3.05, 3.63) is 11.8 Å². The first-order chi connectivity index (χ1) is 4.16. The predicted molar refractivity (Wildman–Crippen MR) is 42.5 cm³/mol. The average molecular weight is 145 g/mol. The Balaban J connectivity index is 3.28. The highest BCUT2D eigenvalue weighted by molar-refractivity contribution is 6.48. The molecule has 1 N–H and O–H groups in total. The molecule has 0 saturated heterocycles. The lowest BCUT2D eigenvalue weighted by atomic mass is 10.5. The van der Waals surface area contributed by atoms with E-state index in [4.69, 9.17) is 4.53 Å². The zero-order chi connectivity index (χ0) is 7.28. The first-order valence-corrected chi connectivity index (χ1v) is 5.99. The van der Waals surface area contributed by atoms with E-state index in [0.717, 1.165) is 5.70 Å². The van der Waals surface area contributed by atoms with Gasteiger partial charge >= 0.3 is 0 Å². The largest absolute Gasteiger partial charge is 0.327 e. The summed E-state index contributed by atoms with van der Waals surface area (Å²) in [6, 6.07) is 0. The molecule has 0 amide bonds. The predicted octanol–water partition coefficient (Wildman–Crippen LogP) is 1.41. The van der Waals surface area contributed by atoms with Crippen molar-refractivity contribution in [2.45, 2.75) is 26.9 Å². The molecule has 0 spiro atoms. The van der Waals surface area contributed by atoms with Crippen LogP contribution in [0.4, 0.5) is 0 Å². The summed E-state index contributed by atoms with van der Waals surface area (Å²) in [6.07, 6.45) is 1.98. The van der Waals surface area contributed by atoms with Crippen molar-refractivity contribution in [1.29, 1.82) is 0 Å². The molecule has 0 bridgehead atoms. The van der Waals surface area contributed by atoms with Crippen molar-refractivity contribution in [1.82, 2.24) is 5.48 Å². The van der Waals surface area contributed by atoms with Gasteiger partial charge < -0.3 is 4.53 Å². The molecule has 0 aliphatic carbocycles. The number of hydroxylamine groups is 1. The van der Waals surface area contributed by atoms with Gasteiger partial charge in [-0.1, -0.05) is 6.08 Å². The van der Waals surface area contributed by atoms with Gasteiger partial charge in [-0.15, -0.1) is 0 Å². The van der Waals surface area contributed by atoms with E-state index in [1.165, 1.54) is 0 Å². The van der Waals surface area contributed by atoms with Crippen LogP contribution in [0.5, 0.6) is 0 Å². The van der Waals surface area contributed by atoms with Gasteiger partial charge in [-0.3, -0.25) is 5.48 Å². The Morgan fingerprint density at radius 2 is 2.11 bits per heavy atom. The van der Waals surface area contributed by atoms with E-state index < -0.39 is 9.04 Å². The van der Waals surface area contributed by atoms with E-state index in [1.807, 2.05) is 19.9 Å². The third-order valence-corrected chi connectivity index (χ3v) is 1.48. The Kier molecular flexibility index (Phi) is 4.44. The van der Waals surface area contributed by atoms with Crippen molar-refractivity contribution in [3.8, 4) is 0 Å². The summed E-state index contributed by atoms with van der Waals surface area (Å²) < 4.78 is 5.22. The van der Waals surface area contributed by atoms with Crippen LogP contribution in [0.1, 0.15) is 13.8 Å². The normalized spacial score (nSPS) is 12.3. The number of nitrogens with one attached hydrogen (secondary N) is 1. The standard InChI is InChI=1S/C6H15NOSi/c1-5-6(2)7-8-9(3)4/h5,7,9H,1-4H3/b6-5+. The summed E-state index contributed by atoms with van der Waals surface area (Å²) >= 11 is 0. The molecule has 0 heterocycles. The minimum atomic E-state index is -0.893. The maximum Gasteiger partial charge on any atom is 0.208 e. The summed E-state index contributed by atoms with van der Waals surface area (Å²) in [5.41, 5.74) is 3.93. The summed E-state index contributed by atoms with van der Waals surface area (Å²) in [5, 5.41) is 0. The van der Waals surface area contributed by atoms with Gasteiger partial charge in [-0.2, -0.15) is 0 Å². The monoisotopic (exact) mass is 145 g/mol. The van der Waals surface area contributed by atoms with Crippen LogP contribution in [-0.2, 0) is 4.53 Å². The molecule has 0 unspecified atom stereocenters. The smallest absolute Gasteiger partial charge is 0.208 e. The van der Waals surface area contributed by atoms with E-state index in [9.17, 15) is 0 Å². The van der Waals surface area contributed by atoms with Crippen LogP contribution in [0, 0.1) is 0 Å². The summed E-state index contributed by atoms with van der Waals surface area (Å²) in [6.45, 7) is 8.20. The van der Waals surface area contributed by atoms with Crippen molar-refractivity contribution < 1.29 is 4.53 Å². The molecule has 0 aromatic carbocycles. The van der Waals surface area contributed by atoms with Gasteiger partial charge in [-0.05, 0) is 26.9 Å². The highest BCUT2D eigenvalue weighted by Crippen LogP contribution is 1.86. The average Bonchev–Trinajstić information content (AvgIpc) is 1.83. The Labute approximate surface area is 58.6 Å². The van der Waals surface area contributed by atoms with Crippen LogP contribution in [0.2, 0.25) is 13.1 Å². The molecule has 2 nitrogen and oxygen atoms in total. The maximum absolute atomic E-state index is 5.22. The molecule has 0 radical (unpaired) electrons. The van der Waals surface area contributed by atoms with Crippen molar-refractivity contribution >= 4 is 9.04 Å². The fraction of sp³-hybridized carbons (Fsp3) is 0.667. The van der Waals surface area contributed by atoms with E-state index in [1.54, 1.807) is 0 Å². The van der Waals surface area contributed by atoms with Crippen molar-refractivity contribution in [2.24, 2.45) is 0 Å². The van der Waals surface area contributed by atoms with Gasteiger partial charge in [0.2, 0.25) is 9.04 Å². The lowest BCUT2D eigenvalue weighted by molar-refractivity contribution is 0.234. The zero-order valence-electron chi connectivity index (χ0n) is 6.56. The second kappa shape index (κ2) is 4.58. The Morgan fingerprint density at radius 1 is 1.56 bits per heavy atom. The van der Waals surface area contributed by atoms with Gasteiger partial charge in [0.1, 0.15) is 0 Å². The van der Waals surface area contributed by atoms with Crippen LogP contribution in [0.3, 0.4) is 0 Å². The minimum Gasteiger partial charge on any atom is -0.327 e. The molecular weight excluding hydrogens is 130 g/mol. The third-order valence-electron chi connectivity index (χ3n) is 0.889. The molecule has 0 fully saturated rings. The summed E-state index contributed by atoms with van der Waals surface area (Å²) in [4.78, 5) is 0. The number of allylic oxidation sites excluding steroid dienone is 2. The highest BCUT2D eigenvalue weighted by atomic mass is 28.3. The van der Waals surface area contributed by atoms with E-state index in [0.29, 0.717) is 0 Å². The van der Waals surface area contributed by atoms with Crippen molar-refractivity contribution in [2.75, 3.05) is 0 Å². The van der Waals surface area contributed by atoms with Crippen molar-refractivity contribution in [3.63, 3.8) is 0 Å². The highest BCUT2D eigenvalue weighted by Gasteiger charge is 1.92. The minimum absolute atomic E-state index is 0.893. The van der Waals surface area contributed by atoms with Crippen LogP contribution < -0.4 is 5.48 Å². The van der Waals surface area contributed by atoms with E-state index in [2.05, 4.69) is 18.6 Å². The van der Waals surface area contributed by atoms with Gasteiger partial charge in [0, 0.05) is 5.70 Å². The number of hydrogen-bond donors (Lipinski definition) is 1. The second-order valence-electron chi connectivity index (χ2n) is 2.24. The molecule has 0 aliphatic rings. The fourth-order valence-electron chi connectivity index (χ4n) is 0.270. The molecule has 0 atom stereocenters. The molecule has 3 heteroatoms. The molecule has 0 aromatic heterocycles. The van der Waals surface area contributed by atoms with Gasteiger partial charge in [0.05, 0.1) is 0 Å². The van der Waals surface area contributed by atoms with Gasteiger partial charge in [-0.25, -0.2) is 0 Å². The van der Waals surface area contributed by atoms with Gasteiger partial charge in [0.25, 0.3) is 0 Å². The number of hydrogen-bond acceptors (Lipinski definition) is 2. The maximum atomic E-state index is 5.22. The summed E-state index contributed by atoms with van der Waals surface area (Å²) in [5.74, 6) is 0. The van der Waals surface area contributed by atoms with Crippen LogP contribution in [0.25, 0.3) is 0 Å². The molecule has 0 saturated carbocycles. The molecule has 54 valence electrons. The van der Waals surface area contributed by atoms with Crippen LogP contribution in [-0.4, -0.2) is 9.04 Å². The quantitative estimate of drug-likeness (QED) is 0.479. The van der Waals surface area contributed by atoms with Gasteiger partial charge in [0.15, 0.2) is 0 Å². The zero-order valence-corrected chi connectivity index (χ0v) is 7.72. The molecular formula is C6H15NOSi. The fourth-order valence-corrected chi connectivity index (χ4v) is 0.691. The molecule has 0 aromatic rings. The Bertz CT molecular complexity index is 101. The third kappa shape index (κ3) is 5.59. The first kappa shape index (κ1) is 8.72. The summed E-state index contributed by atoms with van der Waals surface area (Å²) in [7, 11) is -0.893. The van der Waals surface area contributed by atoms with E-state index >= 15 is 0 Å². The molecule has 0 aliphatic heterocycles. The lowest BCUT2D eigenvalue weighted by Gasteiger charge is -2.08. The van der Waals surface area contributed by atoms with E-state index in [-0.39, 0.29) is 0 Å². The van der Waals surface area contributed by atoms with Crippen LogP contribution >= 0.6 is 0 Å².